The van der Waals surface area contributed by atoms with E-state index in [4.69, 9.17) is 0 Å². The molecule has 19 heavy (non-hydrogen) atoms. The predicted molar refractivity (Wildman–Crippen MR) is 77.4 cm³/mol. The summed E-state index contributed by atoms with van der Waals surface area (Å²) in [5.74, 6) is 0. The molecule has 5 nitrogen and oxygen atoms in total. The third kappa shape index (κ3) is 3.98. The number of pyridine rings is 1. The summed E-state index contributed by atoms with van der Waals surface area (Å²) in [5, 5.41) is 0. The fourth-order valence-corrected chi connectivity index (χ4v) is 3.79. The van der Waals surface area contributed by atoms with Crippen molar-refractivity contribution in [3.8, 4) is 0 Å². The highest BCUT2D eigenvalue weighted by atomic mass is 79.9. The third-order valence-corrected chi connectivity index (χ3v) is 5.15. The van der Waals surface area contributed by atoms with Crippen molar-refractivity contribution in [3.05, 3.63) is 22.9 Å². The first-order valence-corrected chi connectivity index (χ1v) is 8.61. The van der Waals surface area contributed by atoms with Crippen molar-refractivity contribution >= 4 is 26.0 Å². The van der Waals surface area contributed by atoms with E-state index in [0.717, 1.165) is 13.1 Å². The van der Waals surface area contributed by atoms with Gasteiger partial charge in [0.1, 0.15) is 4.90 Å². The number of sulfonamides is 1. The molecule has 1 aromatic heterocycles. The molecular formula is C12H18BrN3O2S. The van der Waals surface area contributed by atoms with E-state index in [1.165, 1.54) is 19.0 Å². The van der Waals surface area contributed by atoms with Crippen LogP contribution >= 0.6 is 15.9 Å². The first-order valence-electron chi connectivity index (χ1n) is 6.33. The van der Waals surface area contributed by atoms with Gasteiger partial charge in [-0.15, -0.1) is 0 Å². The highest BCUT2D eigenvalue weighted by molar-refractivity contribution is 9.10. The van der Waals surface area contributed by atoms with Gasteiger partial charge in [0.15, 0.2) is 0 Å². The Kier molecular flexibility index (Phi) is 4.94. The SMILES string of the molecule is CC(CNS(=O)(=O)c1cncc(Br)c1)N1CCCC1. The van der Waals surface area contributed by atoms with Gasteiger partial charge in [-0.05, 0) is 54.9 Å². The molecule has 1 atom stereocenters. The van der Waals surface area contributed by atoms with E-state index in [-0.39, 0.29) is 10.9 Å². The maximum atomic E-state index is 12.1. The van der Waals surface area contributed by atoms with Crippen LogP contribution in [-0.2, 0) is 10.0 Å². The summed E-state index contributed by atoms with van der Waals surface area (Å²) >= 11 is 3.23. The molecule has 0 radical (unpaired) electrons. The van der Waals surface area contributed by atoms with Crippen molar-refractivity contribution in [1.82, 2.24) is 14.6 Å². The minimum Gasteiger partial charge on any atom is -0.299 e. The van der Waals surface area contributed by atoms with Crippen LogP contribution in [0.3, 0.4) is 0 Å². The van der Waals surface area contributed by atoms with Gasteiger partial charge < -0.3 is 0 Å². The maximum Gasteiger partial charge on any atom is 0.242 e. The molecule has 1 saturated heterocycles. The minimum atomic E-state index is -3.48. The van der Waals surface area contributed by atoms with Crippen LogP contribution in [0.2, 0.25) is 0 Å². The fraction of sp³-hybridized carbons (Fsp3) is 0.583. The van der Waals surface area contributed by atoms with E-state index in [2.05, 4.69) is 30.5 Å². The Hall–Kier alpha value is -0.500. The first-order chi connectivity index (χ1) is 8.99. The van der Waals surface area contributed by atoms with Crippen LogP contribution in [0.1, 0.15) is 19.8 Å². The van der Waals surface area contributed by atoms with Gasteiger partial charge in [-0.3, -0.25) is 9.88 Å². The van der Waals surface area contributed by atoms with Crippen molar-refractivity contribution in [2.45, 2.75) is 30.7 Å². The van der Waals surface area contributed by atoms with Crippen molar-refractivity contribution in [2.75, 3.05) is 19.6 Å². The van der Waals surface area contributed by atoms with Crippen LogP contribution in [0.5, 0.6) is 0 Å². The summed E-state index contributed by atoms with van der Waals surface area (Å²) in [6, 6.07) is 1.77. The van der Waals surface area contributed by atoms with Crippen LogP contribution in [0, 0.1) is 0 Å². The molecule has 0 amide bonds. The Labute approximate surface area is 122 Å². The van der Waals surface area contributed by atoms with Crippen LogP contribution in [-0.4, -0.2) is 44.0 Å². The van der Waals surface area contributed by atoms with Gasteiger partial charge in [0.05, 0.1) is 0 Å². The molecule has 0 bridgehead atoms. The lowest BCUT2D eigenvalue weighted by molar-refractivity contribution is 0.260. The zero-order chi connectivity index (χ0) is 13.9. The summed E-state index contributed by atoms with van der Waals surface area (Å²) in [4.78, 5) is 6.38. The molecule has 106 valence electrons. The average molecular weight is 348 g/mol. The van der Waals surface area contributed by atoms with Crippen molar-refractivity contribution in [3.63, 3.8) is 0 Å². The Balaban J connectivity index is 1.97. The number of hydrogen-bond donors (Lipinski definition) is 1. The molecular weight excluding hydrogens is 330 g/mol. The number of nitrogens with one attached hydrogen (secondary N) is 1. The van der Waals surface area contributed by atoms with Crippen LogP contribution in [0.15, 0.2) is 27.8 Å². The zero-order valence-electron chi connectivity index (χ0n) is 10.8. The smallest absolute Gasteiger partial charge is 0.242 e. The highest BCUT2D eigenvalue weighted by Gasteiger charge is 2.21. The summed E-state index contributed by atoms with van der Waals surface area (Å²) in [6.45, 7) is 4.59. The zero-order valence-corrected chi connectivity index (χ0v) is 13.2. The van der Waals surface area contributed by atoms with E-state index in [1.54, 1.807) is 12.3 Å². The van der Waals surface area contributed by atoms with E-state index in [0.29, 0.717) is 11.0 Å². The van der Waals surface area contributed by atoms with Gasteiger partial charge in [-0.1, -0.05) is 0 Å². The van der Waals surface area contributed by atoms with Gasteiger partial charge in [0, 0.05) is 29.5 Å². The second-order valence-electron chi connectivity index (χ2n) is 4.78. The molecule has 7 heteroatoms. The monoisotopic (exact) mass is 347 g/mol. The lowest BCUT2D eigenvalue weighted by Gasteiger charge is -2.23. The summed E-state index contributed by atoms with van der Waals surface area (Å²) in [6.07, 6.45) is 5.32. The molecule has 1 N–H and O–H groups in total. The first kappa shape index (κ1) is 14.9. The van der Waals surface area contributed by atoms with Crippen molar-refractivity contribution in [1.29, 1.82) is 0 Å². The molecule has 0 spiro atoms. The summed E-state index contributed by atoms with van der Waals surface area (Å²) < 4.78 is 27.5. The van der Waals surface area contributed by atoms with Gasteiger partial charge in [-0.25, -0.2) is 13.1 Å². The number of hydrogen-bond acceptors (Lipinski definition) is 4. The van der Waals surface area contributed by atoms with Gasteiger partial charge in [0.2, 0.25) is 10.0 Å². The topological polar surface area (TPSA) is 62.3 Å². The largest absolute Gasteiger partial charge is 0.299 e. The number of halogens is 1. The van der Waals surface area contributed by atoms with Crippen LogP contribution < -0.4 is 4.72 Å². The second-order valence-corrected chi connectivity index (χ2v) is 7.47. The molecule has 1 fully saturated rings. The normalized spacial score (nSPS) is 18.6. The molecule has 0 saturated carbocycles. The number of likely N-dealkylation sites (tertiary alicyclic amines) is 1. The molecule has 1 aliphatic rings. The summed E-state index contributed by atoms with van der Waals surface area (Å²) in [7, 11) is -3.48. The van der Waals surface area contributed by atoms with E-state index in [9.17, 15) is 8.42 Å². The lowest BCUT2D eigenvalue weighted by atomic mass is 10.3. The quantitative estimate of drug-likeness (QED) is 0.878. The summed E-state index contributed by atoms with van der Waals surface area (Å²) in [5.41, 5.74) is 0. The Morgan fingerprint density at radius 2 is 2.11 bits per heavy atom. The number of aromatic nitrogens is 1. The predicted octanol–water partition coefficient (Wildman–Crippen LogP) is 1.61. The number of nitrogens with zero attached hydrogens (tertiary/aromatic N) is 2. The molecule has 0 aliphatic carbocycles. The highest BCUT2D eigenvalue weighted by Crippen LogP contribution is 2.15. The fourth-order valence-electron chi connectivity index (χ4n) is 2.16. The average Bonchev–Trinajstić information content (AvgIpc) is 2.90. The van der Waals surface area contributed by atoms with E-state index < -0.39 is 10.0 Å². The Morgan fingerprint density at radius 3 is 2.74 bits per heavy atom. The van der Waals surface area contributed by atoms with Gasteiger partial charge in [0.25, 0.3) is 0 Å². The van der Waals surface area contributed by atoms with Crippen molar-refractivity contribution < 1.29 is 8.42 Å². The molecule has 1 aromatic rings. The van der Waals surface area contributed by atoms with E-state index >= 15 is 0 Å². The van der Waals surface area contributed by atoms with Crippen LogP contribution in [0.4, 0.5) is 0 Å². The lowest BCUT2D eigenvalue weighted by Crippen LogP contribution is -2.40. The Bertz CT molecular complexity index is 530. The molecule has 1 aliphatic heterocycles. The Morgan fingerprint density at radius 1 is 1.42 bits per heavy atom. The van der Waals surface area contributed by atoms with Crippen molar-refractivity contribution in [2.24, 2.45) is 0 Å². The minimum absolute atomic E-state index is 0.190. The second kappa shape index (κ2) is 6.30. The molecule has 2 rings (SSSR count). The number of rotatable bonds is 5. The van der Waals surface area contributed by atoms with Crippen LogP contribution in [0.25, 0.3) is 0 Å². The molecule has 1 unspecified atom stereocenters. The molecule has 0 aromatic carbocycles. The standard InChI is InChI=1S/C12H18BrN3O2S/c1-10(16-4-2-3-5-16)7-15-19(17,18)12-6-11(13)8-14-9-12/h6,8-10,15H,2-5,7H2,1H3. The third-order valence-electron chi connectivity index (χ3n) is 3.32. The van der Waals surface area contributed by atoms with E-state index in [1.807, 2.05) is 6.92 Å². The maximum absolute atomic E-state index is 12.1. The molecule has 2 heterocycles. The van der Waals surface area contributed by atoms with Gasteiger partial charge >= 0.3 is 0 Å². The van der Waals surface area contributed by atoms with Gasteiger partial charge in [-0.2, -0.15) is 0 Å².